The van der Waals surface area contributed by atoms with E-state index in [0.717, 1.165) is 12.8 Å². The van der Waals surface area contributed by atoms with Crippen LogP contribution in [0.3, 0.4) is 0 Å². The van der Waals surface area contributed by atoms with E-state index in [9.17, 15) is 8.42 Å². The molecule has 0 fully saturated rings. The average molecular weight is 193 g/mol. The highest BCUT2D eigenvalue weighted by molar-refractivity contribution is 7.91. The van der Waals surface area contributed by atoms with E-state index in [-0.39, 0.29) is 17.5 Å². The van der Waals surface area contributed by atoms with E-state index in [4.69, 9.17) is 5.73 Å². The smallest absolute Gasteiger partial charge is 0.150 e. The lowest BCUT2D eigenvalue weighted by atomic mass is 10.1. The van der Waals surface area contributed by atoms with E-state index >= 15 is 0 Å². The van der Waals surface area contributed by atoms with Crippen LogP contribution in [0.1, 0.15) is 33.1 Å². The molecule has 4 heteroatoms. The van der Waals surface area contributed by atoms with Crippen molar-refractivity contribution in [1.29, 1.82) is 0 Å². The van der Waals surface area contributed by atoms with Crippen molar-refractivity contribution in [1.82, 2.24) is 0 Å². The molecule has 0 rings (SSSR count). The van der Waals surface area contributed by atoms with Gasteiger partial charge in [0.1, 0.15) is 9.84 Å². The maximum absolute atomic E-state index is 11.0. The Balaban J connectivity index is 3.57. The third-order valence-corrected chi connectivity index (χ3v) is 3.78. The van der Waals surface area contributed by atoms with Crippen LogP contribution in [-0.4, -0.2) is 26.0 Å². The largest absolute Gasteiger partial charge is 0.328 e. The third kappa shape index (κ3) is 5.55. The molecule has 0 saturated heterocycles. The van der Waals surface area contributed by atoms with Gasteiger partial charge in [0.05, 0.1) is 5.75 Å². The number of sulfone groups is 1. The van der Waals surface area contributed by atoms with Crippen molar-refractivity contribution >= 4 is 9.84 Å². The molecule has 0 amide bonds. The zero-order valence-corrected chi connectivity index (χ0v) is 8.73. The van der Waals surface area contributed by atoms with Gasteiger partial charge in [-0.1, -0.05) is 13.8 Å². The molecule has 0 aromatic heterocycles. The Morgan fingerprint density at radius 1 is 1.33 bits per heavy atom. The van der Waals surface area contributed by atoms with Crippen LogP contribution in [0.15, 0.2) is 0 Å². The molecule has 3 nitrogen and oxygen atoms in total. The van der Waals surface area contributed by atoms with Crippen molar-refractivity contribution in [2.45, 2.75) is 39.2 Å². The molecular formula is C8H19NO2S. The minimum Gasteiger partial charge on any atom is -0.328 e. The molecule has 0 saturated carbocycles. The second-order valence-electron chi connectivity index (χ2n) is 3.05. The van der Waals surface area contributed by atoms with Gasteiger partial charge >= 0.3 is 0 Å². The zero-order chi connectivity index (χ0) is 9.61. The van der Waals surface area contributed by atoms with Gasteiger partial charge in [0.15, 0.2) is 0 Å². The summed E-state index contributed by atoms with van der Waals surface area (Å²) in [6, 6.07) is 0.164. The first-order valence-electron chi connectivity index (χ1n) is 4.47. The Morgan fingerprint density at radius 3 is 2.33 bits per heavy atom. The zero-order valence-electron chi connectivity index (χ0n) is 7.91. The predicted molar refractivity (Wildman–Crippen MR) is 51.8 cm³/mol. The first-order valence-corrected chi connectivity index (χ1v) is 6.30. The number of rotatable bonds is 6. The fourth-order valence-electron chi connectivity index (χ4n) is 0.914. The molecule has 0 aliphatic rings. The summed E-state index contributed by atoms with van der Waals surface area (Å²) in [5, 5.41) is 0. The molecule has 74 valence electrons. The summed E-state index contributed by atoms with van der Waals surface area (Å²) in [5.74, 6) is 0.533. The Labute approximate surface area is 75.3 Å². The molecule has 0 bridgehead atoms. The maximum atomic E-state index is 11.0. The summed E-state index contributed by atoms with van der Waals surface area (Å²) in [6.07, 6.45) is 2.44. The number of nitrogens with two attached hydrogens (primary N) is 1. The quantitative estimate of drug-likeness (QED) is 0.683. The van der Waals surface area contributed by atoms with Crippen LogP contribution in [0, 0.1) is 0 Å². The molecule has 2 N–H and O–H groups in total. The highest BCUT2D eigenvalue weighted by Crippen LogP contribution is 2.01. The average Bonchev–Trinajstić information content (AvgIpc) is 2.04. The molecule has 12 heavy (non-hydrogen) atoms. The lowest BCUT2D eigenvalue weighted by Gasteiger charge is -2.07. The number of hydrogen-bond acceptors (Lipinski definition) is 3. The van der Waals surface area contributed by atoms with Crippen molar-refractivity contribution < 1.29 is 8.42 Å². The van der Waals surface area contributed by atoms with Crippen molar-refractivity contribution in [3.63, 3.8) is 0 Å². The fraction of sp³-hybridized carbons (Fsp3) is 1.00. The molecule has 0 heterocycles. The van der Waals surface area contributed by atoms with Crippen molar-refractivity contribution in [2.75, 3.05) is 11.5 Å². The molecule has 0 aliphatic heterocycles. The van der Waals surface area contributed by atoms with Gasteiger partial charge in [-0.05, 0) is 19.3 Å². The van der Waals surface area contributed by atoms with Gasteiger partial charge in [-0.25, -0.2) is 8.42 Å². The number of hydrogen-bond donors (Lipinski definition) is 1. The Hall–Kier alpha value is -0.0900. The first kappa shape index (κ1) is 11.9. The monoisotopic (exact) mass is 193 g/mol. The van der Waals surface area contributed by atoms with Crippen LogP contribution >= 0.6 is 0 Å². The summed E-state index contributed by atoms with van der Waals surface area (Å²) < 4.78 is 22.1. The van der Waals surface area contributed by atoms with Gasteiger partial charge in [0, 0.05) is 11.8 Å². The van der Waals surface area contributed by atoms with Gasteiger partial charge in [-0.15, -0.1) is 0 Å². The molecular weight excluding hydrogens is 174 g/mol. The van der Waals surface area contributed by atoms with Crippen LogP contribution in [0.5, 0.6) is 0 Å². The van der Waals surface area contributed by atoms with Crippen LogP contribution < -0.4 is 5.73 Å². The highest BCUT2D eigenvalue weighted by atomic mass is 32.2. The Kier molecular flexibility index (Phi) is 5.50. The summed E-state index contributed by atoms with van der Waals surface area (Å²) >= 11 is 0. The van der Waals surface area contributed by atoms with E-state index in [0.29, 0.717) is 6.42 Å². The first-order chi connectivity index (χ1) is 5.52. The van der Waals surface area contributed by atoms with Crippen LogP contribution in [0.25, 0.3) is 0 Å². The standard InChI is InChI=1S/C8H19NO2S/c1-3-8(9)6-5-7-12(10,11)4-2/h8H,3-7,9H2,1-2H3. The van der Waals surface area contributed by atoms with Gasteiger partial charge < -0.3 is 5.73 Å². The lowest BCUT2D eigenvalue weighted by Crippen LogP contribution is -2.20. The normalized spacial score (nSPS) is 14.6. The summed E-state index contributed by atoms with van der Waals surface area (Å²) in [7, 11) is -2.78. The van der Waals surface area contributed by atoms with E-state index in [2.05, 4.69) is 0 Å². The maximum Gasteiger partial charge on any atom is 0.150 e. The van der Waals surface area contributed by atoms with E-state index < -0.39 is 9.84 Å². The molecule has 0 aliphatic carbocycles. The topological polar surface area (TPSA) is 60.2 Å². The summed E-state index contributed by atoms with van der Waals surface area (Å²) in [6.45, 7) is 3.69. The lowest BCUT2D eigenvalue weighted by molar-refractivity contribution is 0.568. The SMILES string of the molecule is CCC(N)CCCS(=O)(=O)CC. The van der Waals surface area contributed by atoms with Crippen LogP contribution in [-0.2, 0) is 9.84 Å². The molecule has 0 aromatic rings. The molecule has 1 atom stereocenters. The summed E-state index contributed by atoms with van der Waals surface area (Å²) in [5.41, 5.74) is 5.65. The summed E-state index contributed by atoms with van der Waals surface area (Å²) in [4.78, 5) is 0. The van der Waals surface area contributed by atoms with Gasteiger partial charge in [0.25, 0.3) is 0 Å². The van der Waals surface area contributed by atoms with E-state index in [1.54, 1.807) is 6.92 Å². The minimum atomic E-state index is -2.78. The second-order valence-corrected chi connectivity index (χ2v) is 5.52. The highest BCUT2D eigenvalue weighted by Gasteiger charge is 2.07. The van der Waals surface area contributed by atoms with Crippen LogP contribution in [0.2, 0.25) is 0 Å². The van der Waals surface area contributed by atoms with E-state index in [1.165, 1.54) is 0 Å². The van der Waals surface area contributed by atoms with Crippen molar-refractivity contribution in [3.05, 3.63) is 0 Å². The molecule has 0 aromatic carbocycles. The third-order valence-electron chi connectivity index (χ3n) is 1.99. The Bertz CT molecular complexity index is 199. The predicted octanol–water partition coefficient (Wildman–Crippen LogP) is 0.939. The van der Waals surface area contributed by atoms with Gasteiger partial charge in [0.2, 0.25) is 0 Å². The van der Waals surface area contributed by atoms with Crippen molar-refractivity contribution in [3.8, 4) is 0 Å². The van der Waals surface area contributed by atoms with E-state index in [1.807, 2.05) is 6.92 Å². The Morgan fingerprint density at radius 2 is 1.92 bits per heavy atom. The van der Waals surface area contributed by atoms with Gasteiger partial charge in [-0.3, -0.25) is 0 Å². The fourth-order valence-corrected chi connectivity index (χ4v) is 1.81. The van der Waals surface area contributed by atoms with Gasteiger partial charge in [-0.2, -0.15) is 0 Å². The molecule has 0 radical (unpaired) electrons. The second kappa shape index (κ2) is 5.54. The van der Waals surface area contributed by atoms with Crippen LogP contribution in [0.4, 0.5) is 0 Å². The molecule has 1 unspecified atom stereocenters. The van der Waals surface area contributed by atoms with Crippen molar-refractivity contribution in [2.24, 2.45) is 5.73 Å². The molecule has 0 spiro atoms. The minimum absolute atomic E-state index is 0.164.